The Bertz CT molecular complexity index is 569. The van der Waals surface area contributed by atoms with Gasteiger partial charge in [-0.1, -0.05) is 30.0 Å². The largest absolute Gasteiger partial charge is 0.469 e. The van der Waals surface area contributed by atoms with Crippen molar-refractivity contribution in [3.8, 4) is 11.5 Å². The summed E-state index contributed by atoms with van der Waals surface area (Å²) in [5.74, 6) is 0.812. The molecule has 6 heteroatoms. The molecule has 2 aromatic rings. The average Bonchev–Trinajstić information content (AvgIpc) is 2.87. The Morgan fingerprint density at radius 3 is 2.89 bits per heavy atom. The van der Waals surface area contributed by atoms with Crippen molar-refractivity contribution >= 4 is 17.7 Å². The van der Waals surface area contributed by atoms with Gasteiger partial charge in [0.05, 0.1) is 13.5 Å². The van der Waals surface area contributed by atoms with Crippen molar-refractivity contribution in [3.05, 3.63) is 29.8 Å². The predicted octanol–water partition coefficient (Wildman–Crippen LogP) is 2.70. The fourth-order valence-corrected chi connectivity index (χ4v) is 2.19. The summed E-state index contributed by atoms with van der Waals surface area (Å²) in [6.07, 6.45) is 0.323. The number of ether oxygens (including phenoxy) is 1. The summed E-state index contributed by atoms with van der Waals surface area (Å²) >= 11 is 1.34. The number of benzene rings is 1. The Labute approximate surface area is 115 Å². The lowest BCUT2D eigenvalue weighted by Crippen LogP contribution is -2.00. The molecule has 0 saturated carbocycles. The number of nitrogens with zero attached hydrogens (tertiary/aromatic N) is 2. The quantitative estimate of drug-likeness (QED) is 0.619. The van der Waals surface area contributed by atoms with Crippen molar-refractivity contribution < 1.29 is 13.9 Å². The zero-order valence-electron chi connectivity index (χ0n) is 10.8. The minimum Gasteiger partial charge on any atom is -0.469 e. The highest BCUT2D eigenvalue weighted by Crippen LogP contribution is 2.25. The molecule has 0 aliphatic heterocycles. The lowest BCUT2D eigenvalue weighted by molar-refractivity contribution is -0.140. The van der Waals surface area contributed by atoms with Gasteiger partial charge in [0.1, 0.15) is 0 Å². The average molecular weight is 278 g/mol. The standard InChI is InChI=1S/C13H14N2O3S/c1-9-5-3-4-6-10(9)12-14-15-13(18-12)19-8-7-11(16)17-2/h3-6H,7-8H2,1-2H3. The number of rotatable bonds is 5. The van der Waals surface area contributed by atoms with Crippen molar-refractivity contribution in [2.24, 2.45) is 0 Å². The van der Waals surface area contributed by atoms with E-state index < -0.39 is 0 Å². The van der Waals surface area contributed by atoms with Crippen molar-refractivity contribution in [2.45, 2.75) is 18.6 Å². The maximum atomic E-state index is 11.0. The van der Waals surface area contributed by atoms with Gasteiger partial charge in [-0.15, -0.1) is 10.2 Å². The summed E-state index contributed by atoms with van der Waals surface area (Å²) in [7, 11) is 1.37. The van der Waals surface area contributed by atoms with Crippen LogP contribution in [0.25, 0.3) is 11.5 Å². The summed E-state index contributed by atoms with van der Waals surface area (Å²) in [4.78, 5) is 11.0. The van der Waals surface area contributed by atoms with E-state index in [1.165, 1.54) is 18.9 Å². The number of aromatic nitrogens is 2. The summed E-state index contributed by atoms with van der Waals surface area (Å²) in [6, 6.07) is 7.81. The molecule has 0 amide bonds. The van der Waals surface area contributed by atoms with Crippen LogP contribution in [0.4, 0.5) is 0 Å². The summed E-state index contributed by atoms with van der Waals surface area (Å²) in [5, 5.41) is 8.42. The molecule has 0 aliphatic rings. The molecule has 0 atom stereocenters. The van der Waals surface area contributed by atoms with Crippen LogP contribution < -0.4 is 0 Å². The van der Waals surface area contributed by atoms with E-state index in [2.05, 4.69) is 14.9 Å². The van der Waals surface area contributed by atoms with Gasteiger partial charge in [-0.05, 0) is 18.6 Å². The number of hydrogen-bond acceptors (Lipinski definition) is 6. The molecule has 0 fully saturated rings. The van der Waals surface area contributed by atoms with E-state index >= 15 is 0 Å². The Morgan fingerprint density at radius 2 is 2.16 bits per heavy atom. The third-order valence-electron chi connectivity index (χ3n) is 2.54. The molecule has 1 heterocycles. The van der Waals surface area contributed by atoms with Crippen LogP contribution in [0, 0.1) is 6.92 Å². The van der Waals surface area contributed by atoms with Gasteiger partial charge in [0, 0.05) is 11.3 Å². The molecule has 0 unspecified atom stereocenters. The molecule has 0 spiro atoms. The third kappa shape index (κ3) is 3.57. The highest BCUT2D eigenvalue weighted by molar-refractivity contribution is 7.99. The van der Waals surface area contributed by atoms with Crippen LogP contribution >= 0.6 is 11.8 Å². The Kier molecular flexibility index (Phi) is 4.57. The number of carbonyl (C=O) groups excluding carboxylic acids is 1. The van der Waals surface area contributed by atoms with E-state index in [-0.39, 0.29) is 5.97 Å². The smallest absolute Gasteiger partial charge is 0.306 e. The van der Waals surface area contributed by atoms with Crippen molar-refractivity contribution in [3.63, 3.8) is 0 Å². The maximum absolute atomic E-state index is 11.0. The zero-order valence-corrected chi connectivity index (χ0v) is 11.6. The zero-order chi connectivity index (χ0) is 13.7. The van der Waals surface area contributed by atoms with Gasteiger partial charge < -0.3 is 9.15 Å². The van der Waals surface area contributed by atoms with Crippen molar-refractivity contribution in [1.82, 2.24) is 10.2 Å². The second kappa shape index (κ2) is 6.38. The fourth-order valence-electron chi connectivity index (χ4n) is 1.51. The van der Waals surface area contributed by atoms with Gasteiger partial charge in [0.15, 0.2) is 0 Å². The lowest BCUT2D eigenvalue weighted by Gasteiger charge is -1.98. The van der Waals surface area contributed by atoms with Crippen LogP contribution in [-0.2, 0) is 9.53 Å². The van der Waals surface area contributed by atoms with Gasteiger partial charge in [0.2, 0.25) is 5.89 Å². The Balaban J connectivity index is 2.00. The van der Waals surface area contributed by atoms with Gasteiger partial charge in [0.25, 0.3) is 5.22 Å². The van der Waals surface area contributed by atoms with E-state index in [4.69, 9.17) is 4.42 Å². The number of methoxy groups -OCH3 is 1. The molecule has 0 N–H and O–H groups in total. The molecule has 19 heavy (non-hydrogen) atoms. The van der Waals surface area contributed by atoms with Crippen LogP contribution in [0.5, 0.6) is 0 Å². The Hall–Kier alpha value is -1.82. The normalized spacial score (nSPS) is 10.4. The second-order valence-corrected chi connectivity index (χ2v) is 4.91. The fraction of sp³-hybridized carbons (Fsp3) is 0.308. The first-order chi connectivity index (χ1) is 9.20. The molecular weight excluding hydrogens is 264 g/mol. The van der Waals surface area contributed by atoms with Crippen LogP contribution in [0.1, 0.15) is 12.0 Å². The molecule has 5 nitrogen and oxygen atoms in total. The minimum absolute atomic E-state index is 0.244. The van der Waals surface area contributed by atoms with Crippen molar-refractivity contribution in [1.29, 1.82) is 0 Å². The number of hydrogen-bond donors (Lipinski definition) is 0. The van der Waals surface area contributed by atoms with E-state index in [0.29, 0.717) is 23.3 Å². The molecule has 1 aromatic carbocycles. The van der Waals surface area contributed by atoms with Crippen LogP contribution in [0.15, 0.2) is 33.9 Å². The van der Waals surface area contributed by atoms with E-state index in [1.807, 2.05) is 31.2 Å². The Morgan fingerprint density at radius 1 is 1.37 bits per heavy atom. The number of thioether (sulfide) groups is 1. The molecular formula is C13H14N2O3S. The monoisotopic (exact) mass is 278 g/mol. The van der Waals surface area contributed by atoms with Crippen molar-refractivity contribution in [2.75, 3.05) is 12.9 Å². The topological polar surface area (TPSA) is 65.2 Å². The highest BCUT2D eigenvalue weighted by Gasteiger charge is 2.11. The minimum atomic E-state index is -0.244. The first kappa shape index (κ1) is 13.6. The SMILES string of the molecule is COC(=O)CCSc1nnc(-c2ccccc2C)o1. The second-order valence-electron chi connectivity index (χ2n) is 3.86. The van der Waals surface area contributed by atoms with Crippen LogP contribution in [-0.4, -0.2) is 29.0 Å². The third-order valence-corrected chi connectivity index (χ3v) is 3.36. The number of carbonyl (C=O) groups is 1. The molecule has 0 radical (unpaired) electrons. The number of aryl methyl sites for hydroxylation is 1. The molecule has 0 aliphatic carbocycles. The summed E-state index contributed by atoms with van der Waals surface area (Å²) in [5.41, 5.74) is 2.01. The molecule has 100 valence electrons. The van der Waals surface area contributed by atoms with Crippen LogP contribution in [0.3, 0.4) is 0 Å². The van der Waals surface area contributed by atoms with E-state index in [9.17, 15) is 4.79 Å². The van der Waals surface area contributed by atoms with Gasteiger partial charge in [-0.25, -0.2) is 0 Å². The van der Waals surface area contributed by atoms with E-state index in [0.717, 1.165) is 11.1 Å². The summed E-state index contributed by atoms with van der Waals surface area (Å²) in [6.45, 7) is 1.99. The molecule has 1 aromatic heterocycles. The highest BCUT2D eigenvalue weighted by atomic mass is 32.2. The summed E-state index contributed by atoms with van der Waals surface area (Å²) < 4.78 is 10.1. The van der Waals surface area contributed by atoms with Gasteiger partial charge in [-0.3, -0.25) is 4.79 Å². The maximum Gasteiger partial charge on any atom is 0.306 e. The lowest BCUT2D eigenvalue weighted by atomic mass is 10.1. The molecule has 0 bridgehead atoms. The van der Waals surface area contributed by atoms with Gasteiger partial charge in [-0.2, -0.15) is 0 Å². The first-order valence-electron chi connectivity index (χ1n) is 5.80. The van der Waals surface area contributed by atoms with Gasteiger partial charge >= 0.3 is 5.97 Å². The first-order valence-corrected chi connectivity index (χ1v) is 6.78. The van der Waals surface area contributed by atoms with E-state index in [1.54, 1.807) is 0 Å². The van der Waals surface area contributed by atoms with Crippen LogP contribution in [0.2, 0.25) is 0 Å². The number of esters is 1. The molecule has 2 rings (SSSR count). The predicted molar refractivity (Wildman–Crippen MR) is 71.8 cm³/mol. The molecule has 0 saturated heterocycles.